The third-order valence-corrected chi connectivity index (χ3v) is 3.54. The second-order valence-electron chi connectivity index (χ2n) is 4.85. The van der Waals surface area contributed by atoms with Crippen LogP contribution in [0.4, 0.5) is 5.69 Å². The lowest BCUT2D eigenvalue weighted by molar-refractivity contribution is 0.318. The molecule has 2 aromatic rings. The Balaban J connectivity index is 2.13. The van der Waals surface area contributed by atoms with Crippen LogP contribution in [-0.2, 0) is 0 Å². The van der Waals surface area contributed by atoms with Crippen molar-refractivity contribution in [3.63, 3.8) is 0 Å². The van der Waals surface area contributed by atoms with Crippen molar-refractivity contribution in [2.24, 2.45) is 4.99 Å². The van der Waals surface area contributed by atoms with E-state index in [-0.39, 0.29) is 0 Å². The molecule has 0 aliphatic carbocycles. The van der Waals surface area contributed by atoms with E-state index >= 15 is 0 Å². The summed E-state index contributed by atoms with van der Waals surface area (Å²) in [5.41, 5.74) is 1.64. The number of benzene rings is 2. The molecular formula is C18H19Cl2NO2. The first kappa shape index (κ1) is 17.6. The van der Waals surface area contributed by atoms with E-state index in [1.165, 1.54) is 0 Å². The maximum absolute atomic E-state index is 6.22. The van der Waals surface area contributed by atoms with Gasteiger partial charge in [-0.15, -0.1) is 0 Å². The smallest absolute Gasteiger partial charge is 0.156 e. The summed E-state index contributed by atoms with van der Waals surface area (Å²) in [7, 11) is 0. The summed E-state index contributed by atoms with van der Waals surface area (Å²) >= 11 is 12.4. The topological polar surface area (TPSA) is 30.8 Å². The molecule has 5 heteroatoms. The molecule has 0 radical (unpaired) electrons. The van der Waals surface area contributed by atoms with Crippen molar-refractivity contribution in [1.29, 1.82) is 0 Å². The normalized spacial score (nSPS) is 11.0. The first-order valence-electron chi connectivity index (χ1n) is 7.52. The second-order valence-corrected chi connectivity index (χ2v) is 5.66. The highest BCUT2D eigenvalue weighted by atomic mass is 35.5. The number of hydrogen-bond donors (Lipinski definition) is 0. The molecule has 0 spiro atoms. The zero-order valence-corrected chi connectivity index (χ0v) is 14.7. The molecule has 0 saturated carbocycles. The van der Waals surface area contributed by atoms with Crippen LogP contribution in [0.5, 0.6) is 11.5 Å². The average Bonchev–Trinajstić information content (AvgIpc) is 2.54. The first-order chi connectivity index (χ1) is 11.1. The average molecular weight is 352 g/mol. The third-order valence-electron chi connectivity index (χ3n) is 2.98. The van der Waals surface area contributed by atoms with Gasteiger partial charge >= 0.3 is 0 Å². The lowest BCUT2D eigenvalue weighted by atomic mass is 10.2. The van der Waals surface area contributed by atoms with Crippen molar-refractivity contribution in [2.75, 3.05) is 13.2 Å². The molecular weight excluding hydrogens is 333 g/mol. The molecule has 0 aromatic heterocycles. The number of ether oxygens (including phenoxy) is 2. The van der Waals surface area contributed by atoms with Gasteiger partial charge in [-0.2, -0.15) is 0 Å². The number of hydrogen-bond acceptors (Lipinski definition) is 3. The predicted octanol–water partition coefficient (Wildman–Crippen LogP) is 5.93. The first-order valence-corrected chi connectivity index (χ1v) is 8.28. The largest absolute Gasteiger partial charge is 0.494 e. The molecule has 0 fully saturated rings. The van der Waals surface area contributed by atoms with Gasteiger partial charge in [-0.05, 0) is 55.3 Å². The number of aliphatic imine (C=N–C) groups is 1. The van der Waals surface area contributed by atoms with Crippen LogP contribution in [0.15, 0.2) is 41.4 Å². The molecule has 0 unspecified atom stereocenters. The molecule has 122 valence electrons. The van der Waals surface area contributed by atoms with Crippen molar-refractivity contribution in [3.8, 4) is 11.5 Å². The van der Waals surface area contributed by atoms with Crippen molar-refractivity contribution >= 4 is 35.1 Å². The number of nitrogens with zero attached hydrogens (tertiary/aromatic N) is 1. The summed E-state index contributed by atoms with van der Waals surface area (Å²) in [6, 6.07) is 11.1. The molecule has 0 saturated heterocycles. The fourth-order valence-electron chi connectivity index (χ4n) is 1.94. The Morgan fingerprint density at radius 1 is 1.00 bits per heavy atom. The van der Waals surface area contributed by atoms with E-state index in [0.29, 0.717) is 29.0 Å². The maximum Gasteiger partial charge on any atom is 0.156 e. The lowest BCUT2D eigenvalue weighted by Crippen LogP contribution is -1.97. The number of rotatable bonds is 7. The maximum atomic E-state index is 6.22. The predicted molar refractivity (Wildman–Crippen MR) is 97.1 cm³/mol. The summed E-state index contributed by atoms with van der Waals surface area (Å²) in [5, 5.41) is 0.971. The van der Waals surface area contributed by atoms with Gasteiger partial charge in [-0.1, -0.05) is 30.1 Å². The molecule has 0 N–H and O–H groups in total. The lowest BCUT2D eigenvalue weighted by Gasteiger charge is -2.09. The van der Waals surface area contributed by atoms with Gasteiger partial charge in [0.05, 0.1) is 28.9 Å². The second kappa shape index (κ2) is 8.80. The Morgan fingerprint density at radius 3 is 2.22 bits per heavy atom. The highest BCUT2D eigenvalue weighted by Gasteiger charge is 2.08. The zero-order valence-electron chi connectivity index (χ0n) is 13.2. The summed E-state index contributed by atoms with van der Waals surface area (Å²) in [4.78, 5) is 4.41. The van der Waals surface area contributed by atoms with Crippen LogP contribution >= 0.6 is 23.2 Å². The standard InChI is InChI=1S/C18H19Cl2NO2/c1-3-9-23-18-16(19)10-13(11-17(18)20)12-21-14-5-7-15(8-6-14)22-4-2/h5-8,10-12H,3-4,9H2,1-2H3. The Labute approximate surface area is 146 Å². The van der Waals surface area contributed by atoms with E-state index in [0.717, 1.165) is 23.4 Å². The fraction of sp³-hybridized carbons (Fsp3) is 0.278. The summed E-state index contributed by atoms with van der Waals surface area (Å²) < 4.78 is 10.9. The van der Waals surface area contributed by atoms with Gasteiger partial charge < -0.3 is 9.47 Å². The van der Waals surface area contributed by atoms with Gasteiger partial charge in [-0.3, -0.25) is 4.99 Å². The van der Waals surface area contributed by atoms with Crippen molar-refractivity contribution in [1.82, 2.24) is 0 Å². The highest BCUT2D eigenvalue weighted by molar-refractivity contribution is 6.37. The van der Waals surface area contributed by atoms with Crippen LogP contribution in [0.1, 0.15) is 25.8 Å². The van der Waals surface area contributed by atoms with Gasteiger partial charge in [0.2, 0.25) is 0 Å². The molecule has 0 aliphatic heterocycles. The van der Waals surface area contributed by atoms with Crippen molar-refractivity contribution < 1.29 is 9.47 Å². The fourth-order valence-corrected chi connectivity index (χ4v) is 2.55. The SMILES string of the molecule is CCCOc1c(Cl)cc(C=Nc2ccc(OCC)cc2)cc1Cl. The molecule has 23 heavy (non-hydrogen) atoms. The van der Waals surface area contributed by atoms with Crippen LogP contribution in [-0.4, -0.2) is 19.4 Å². The highest BCUT2D eigenvalue weighted by Crippen LogP contribution is 2.34. The molecule has 3 nitrogen and oxygen atoms in total. The Bertz CT molecular complexity index is 646. The molecule has 2 aromatic carbocycles. The number of halogens is 2. The monoisotopic (exact) mass is 351 g/mol. The van der Waals surface area contributed by atoms with E-state index in [1.807, 2.05) is 38.1 Å². The molecule has 0 atom stereocenters. The van der Waals surface area contributed by atoms with Crippen LogP contribution in [0.25, 0.3) is 0 Å². The van der Waals surface area contributed by atoms with Crippen LogP contribution in [0.2, 0.25) is 10.0 Å². The molecule has 0 aliphatic rings. The molecule has 0 heterocycles. The van der Waals surface area contributed by atoms with Gasteiger partial charge in [0.1, 0.15) is 5.75 Å². The van der Waals surface area contributed by atoms with Crippen LogP contribution < -0.4 is 9.47 Å². The van der Waals surface area contributed by atoms with Gasteiger partial charge in [0.15, 0.2) is 5.75 Å². The Morgan fingerprint density at radius 2 is 1.65 bits per heavy atom. The molecule has 0 amide bonds. The van der Waals surface area contributed by atoms with E-state index < -0.39 is 0 Å². The summed E-state index contributed by atoms with van der Waals surface area (Å²) in [6.07, 6.45) is 2.62. The third kappa shape index (κ3) is 5.15. The Hall–Kier alpha value is -1.71. The Kier molecular flexibility index (Phi) is 6.75. The molecule has 0 bridgehead atoms. The van der Waals surface area contributed by atoms with E-state index in [9.17, 15) is 0 Å². The minimum atomic E-state index is 0.485. The quantitative estimate of drug-likeness (QED) is 0.578. The zero-order chi connectivity index (χ0) is 16.7. The van der Waals surface area contributed by atoms with Gasteiger partial charge in [0, 0.05) is 6.21 Å². The van der Waals surface area contributed by atoms with Crippen LogP contribution in [0.3, 0.4) is 0 Å². The van der Waals surface area contributed by atoms with E-state index in [1.54, 1.807) is 18.3 Å². The molecule has 2 rings (SSSR count). The summed E-state index contributed by atoms with van der Waals surface area (Å²) in [6.45, 7) is 5.21. The van der Waals surface area contributed by atoms with Gasteiger partial charge in [0.25, 0.3) is 0 Å². The van der Waals surface area contributed by atoms with E-state index in [2.05, 4.69) is 4.99 Å². The minimum Gasteiger partial charge on any atom is -0.494 e. The van der Waals surface area contributed by atoms with Crippen LogP contribution in [0, 0.1) is 0 Å². The van der Waals surface area contributed by atoms with Crippen molar-refractivity contribution in [3.05, 3.63) is 52.0 Å². The van der Waals surface area contributed by atoms with Crippen molar-refractivity contribution in [2.45, 2.75) is 20.3 Å². The van der Waals surface area contributed by atoms with Gasteiger partial charge in [-0.25, -0.2) is 0 Å². The summed E-state index contributed by atoms with van der Waals surface area (Å²) in [5.74, 6) is 1.35. The minimum absolute atomic E-state index is 0.485. The van der Waals surface area contributed by atoms with E-state index in [4.69, 9.17) is 32.7 Å².